The predicted octanol–water partition coefficient (Wildman–Crippen LogP) is 3.21. The molecule has 4 nitrogen and oxygen atoms in total. The van der Waals surface area contributed by atoms with Gasteiger partial charge in [0.05, 0.1) is 17.7 Å². The van der Waals surface area contributed by atoms with Crippen LogP contribution >= 0.6 is 28.1 Å². The maximum Gasteiger partial charge on any atom is 0.179 e. The number of nitrogens with zero attached hydrogens (tertiary/aromatic N) is 2. The Balaban J connectivity index is 2.22. The molecule has 3 heterocycles. The minimum atomic E-state index is 0.186. The second kappa shape index (κ2) is 4.19. The van der Waals surface area contributed by atoms with E-state index in [1.165, 1.54) is 0 Å². The van der Waals surface area contributed by atoms with Crippen LogP contribution in [0.3, 0.4) is 0 Å². The van der Waals surface area contributed by atoms with Crippen molar-refractivity contribution in [2.24, 2.45) is 0 Å². The van der Waals surface area contributed by atoms with Gasteiger partial charge in [0, 0.05) is 17.3 Å². The summed E-state index contributed by atoms with van der Waals surface area (Å²) in [4.78, 5) is 7.64. The van der Waals surface area contributed by atoms with Crippen molar-refractivity contribution in [1.82, 2.24) is 14.5 Å². The Kier molecular flexibility index (Phi) is 2.80. The number of hydrogen-bond acceptors (Lipinski definition) is 3. The highest BCUT2D eigenvalue weighted by molar-refractivity contribution is 9.10. The number of H-pyrrole nitrogens is 1. The molecule has 2 unspecified atom stereocenters. The quantitative estimate of drug-likeness (QED) is 0.822. The van der Waals surface area contributed by atoms with E-state index < -0.39 is 0 Å². The molecule has 0 aliphatic carbocycles. The molecule has 0 amide bonds. The van der Waals surface area contributed by atoms with E-state index in [9.17, 15) is 0 Å². The summed E-state index contributed by atoms with van der Waals surface area (Å²) >= 11 is 8.79. The first-order valence-corrected chi connectivity index (χ1v) is 6.74. The third-order valence-corrected chi connectivity index (χ3v) is 3.92. The summed E-state index contributed by atoms with van der Waals surface area (Å²) in [5, 5.41) is 0. The summed E-state index contributed by atoms with van der Waals surface area (Å²) in [5.41, 5.74) is 1.86. The minimum Gasteiger partial charge on any atom is -0.376 e. The van der Waals surface area contributed by atoms with Gasteiger partial charge in [-0.25, -0.2) is 4.98 Å². The van der Waals surface area contributed by atoms with Crippen molar-refractivity contribution in [3.05, 3.63) is 21.5 Å². The fourth-order valence-electron chi connectivity index (χ4n) is 2.35. The molecule has 2 aromatic heterocycles. The standard InChI is InChI=1S/C11H12BrN3OS/c1-6-9(2-3-16-6)15-10-8(14-11(15)17)4-7(12)5-13-10/h4-6,9H,2-3H2,1H3,(H,14,17). The zero-order valence-electron chi connectivity index (χ0n) is 9.31. The second-order valence-corrected chi connectivity index (χ2v) is 5.56. The first kappa shape index (κ1) is 11.4. The molecule has 2 atom stereocenters. The van der Waals surface area contributed by atoms with E-state index in [4.69, 9.17) is 17.0 Å². The number of hydrogen-bond donors (Lipinski definition) is 1. The van der Waals surface area contributed by atoms with Crippen LogP contribution < -0.4 is 0 Å². The highest BCUT2D eigenvalue weighted by Gasteiger charge is 2.28. The SMILES string of the molecule is CC1OCCC1n1c(=S)[nH]c2cc(Br)cnc21. The Bertz CT molecular complexity index is 621. The van der Waals surface area contributed by atoms with Gasteiger partial charge in [0.15, 0.2) is 10.4 Å². The molecule has 1 saturated heterocycles. The molecule has 1 fully saturated rings. The lowest BCUT2D eigenvalue weighted by Crippen LogP contribution is -2.17. The zero-order valence-corrected chi connectivity index (χ0v) is 11.7. The number of nitrogens with one attached hydrogen (secondary N) is 1. The smallest absolute Gasteiger partial charge is 0.179 e. The first-order chi connectivity index (χ1) is 8.16. The van der Waals surface area contributed by atoms with E-state index in [-0.39, 0.29) is 12.1 Å². The Morgan fingerprint density at radius 3 is 3.18 bits per heavy atom. The number of imidazole rings is 1. The zero-order chi connectivity index (χ0) is 12.0. The maximum absolute atomic E-state index is 5.60. The third-order valence-electron chi connectivity index (χ3n) is 3.19. The summed E-state index contributed by atoms with van der Waals surface area (Å²) in [6, 6.07) is 2.28. The molecular formula is C11H12BrN3OS. The molecule has 3 rings (SSSR count). The van der Waals surface area contributed by atoms with Gasteiger partial charge < -0.3 is 9.72 Å². The molecule has 0 aromatic carbocycles. The highest BCUT2D eigenvalue weighted by atomic mass is 79.9. The Labute approximate surface area is 112 Å². The van der Waals surface area contributed by atoms with Crippen LogP contribution in [0.5, 0.6) is 0 Å². The number of rotatable bonds is 1. The summed E-state index contributed by atoms with van der Waals surface area (Å²) < 4.78 is 9.34. The number of halogens is 1. The molecule has 0 radical (unpaired) electrons. The van der Waals surface area contributed by atoms with Crippen molar-refractivity contribution in [3.8, 4) is 0 Å². The molecule has 2 aromatic rings. The van der Waals surface area contributed by atoms with Gasteiger partial charge in [-0.3, -0.25) is 4.57 Å². The van der Waals surface area contributed by atoms with E-state index in [2.05, 4.69) is 37.4 Å². The van der Waals surface area contributed by atoms with E-state index in [0.717, 1.165) is 28.7 Å². The largest absolute Gasteiger partial charge is 0.376 e. The number of aromatic nitrogens is 3. The number of pyridine rings is 1. The van der Waals surface area contributed by atoms with Gasteiger partial charge in [0.2, 0.25) is 0 Å². The lowest BCUT2D eigenvalue weighted by molar-refractivity contribution is 0.108. The summed E-state index contributed by atoms with van der Waals surface area (Å²) in [5.74, 6) is 0. The fraction of sp³-hybridized carbons (Fsp3) is 0.455. The van der Waals surface area contributed by atoms with Gasteiger partial charge in [-0.2, -0.15) is 0 Å². The van der Waals surface area contributed by atoms with E-state index in [1.807, 2.05) is 6.07 Å². The monoisotopic (exact) mass is 313 g/mol. The van der Waals surface area contributed by atoms with E-state index >= 15 is 0 Å². The summed E-state index contributed by atoms with van der Waals surface area (Å²) in [6.07, 6.45) is 2.97. The fourth-order valence-corrected chi connectivity index (χ4v) is 3.02. The van der Waals surface area contributed by atoms with Gasteiger partial charge in [-0.1, -0.05) is 0 Å². The van der Waals surface area contributed by atoms with Crippen LogP contribution in [0.4, 0.5) is 0 Å². The van der Waals surface area contributed by atoms with Crippen LogP contribution in [0.25, 0.3) is 11.2 Å². The van der Waals surface area contributed by atoms with Crippen molar-refractivity contribution >= 4 is 39.3 Å². The lowest BCUT2D eigenvalue weighted by atomic mass is 10.1. The van der Waals surface area contributed by atoms with E-state index in [0.29, 0.717) is 4.77 Å². The summed E-state index contributed by atoms with van der Waals surface area (Å²) in [6.45, 7) is 2.87. The molecule has 0 saturated carbocycles. The normalized spacial score (nSPS) is 24.6. The first-order valence-electron chi connectivity index (χ1n) is 5.54. The Hall–Kier alpha value is -0.720. The van der Waals surface area contributed by atoms with Crippen molar-refractivity contribution < 1.29 is 4.74 Å². The number of ether oxygens (including phenoxy) is 1. The molecule has 90 valence electrons. The van der Waals surface area contributed by atoms with Crippen LogP contribution in [0.1, 0.15) is 19.4 Å². The van der Waals surface area contributed by atoms with Gasteiger partial charge >= 0.3 is 0 Å². The van der Waals surface area contributed by atoms with Crippen LogP contribution in [0.2, 0.25) is 0 Å². The molecule has 1 aliphatic rings. The molecular weight excluding hydrogens is 302 g/mol. The van der Waals surface area contributed by atoms with Gasteiger partial charge in [-0.05, 0) is 47.6 Å². The predicted molar refractivity (Wildman–Crippen MR) is 71.7 cm³/mol. The minimum absolute atomic E-state index is 0.186. The van der Waals surface area contributed by atoms with Gasteiger partial charge in [0.1, 0.15) is 0 Å². The molecule has 0 spiro atoms. The number of aromatic amines is 1. The van der Waals surface area contributed by atoms with Crippen LogP contribution in [0, 0.1) is 4.77 Å². The van der Waals surface area contributed by atoms with Crippen molar-refractivity contribution in [1.29, 1.82) is 0 Å². The van der Waals surface area contributed by atoms with Gasteiger partial charge in [-0.15, -0.1) is 0 Å². The Morgan fingerprint density at radius 1 is 1.65 bits per heavy atom. The third kappa shape index (κ3) is 1.84. The van der Waals surface area contributed by atoms with Crippen molar-refractivity contribution in [2.75, 3.05) is 6.61 Å². The second-order valence-electron chi connectivity index (χ2n) is 4.26. The average Bonchev–Trinajstić information content (AvgIpc) is 2.80. The molecule has 17 heavy (non-hydrogen) atoms. The molecule has 0 bridgehead atoms. The van der Waals surface area contributed by atoms with Crippen LogP contribution in [0.15, 0.2) is 16.7 Å². The summed E-state index contributed by atoms with van der Waals surface area (Å²) in [7, 11) is 0. The van der Waals surface area contributed by atoms with Crippen molar-refractivity contribution in [3.63, 3.8) is 0 Å². The van der Waals surface area contributed by atoms with Crippen LogP contribution in [-0.2, 0) is 4.74 Å². The molecule has 1 N–H and O–H groups in total. The lowest BCUT2D eigenvalue weighted by Gasteiger charge is -2.16. The van der Waals surface area contributed by atoms with Crippen molar-refractivity contribution in [2.45, 2.75) is 25.5 Å². The Morgan fingerprint density at radius 2 is 2.47 bits per heavy atom. The molecule has 6 heteroatoms. The van der Waals surface area contributed by atoms with Crippen LogP contribution in [-0.4, -0.2) is 27.2 Å². The van der Waals surface area contributed by atoms with E-state index in [1.54, 1.807) is 6.20 Å². The maximum atomic E-state index is 5.60. The highest BCUT2D eigenvalue weighted by Crippen LogP contribution is 2.29. The number of fused-ring (bicyclic) bond motifs is 1. The molecule has 1 aliphatic heterocycles. The topological polar surface area (TPSA) is 42.8 Å². The average molecular weight is 314 g/mol. The van der Waals surface area contributed by atoms with Gasteiger partial charge in [0.25, 0.3) is 0 Å².